The van der Waals surface area contributed by atoms with Crippen LogP contribution in [0.15, 0.2) is 36.4 Å². The molecule has 0 aliphatic rings. The Kier molecular flexibility index (Phi) is 7.09. The van der Waals surface area contributed by atoms with Crippen molar-refractivity contribution in [1.29, 1.82) is 0 Å². The lowest BCUT2D eigenvalue weighted by Gasteiger charge is -2.13. The smallest absolute Gasteiger partial charge is 0.307 e. The van der Waals surface area contributed by atoms with Gasteiger partial charge in [-0.3, -0.25) is 14.4 Å². The standard InChI is InChI=1S/C20H23NO4S/c1-4-15-6-8-16(9-7-15)21-20(24)14(3)25-19(23)12-10-17(22)18-11-5-13(2)26-18/h5-9,11,14H,4,10,12H2,1-3H3,(H,21,24)/t14-/m0/s1. The van der Waals surface area contributed by atoms with Gasteiger partial charge in [-0.05, 0) is 50.1 Å². The van der Waals surface area contributed by atoms with Gasteiger partial charge in [0.15, 0.2) is 11.9 Å². The van der Waals surface area contributed by atoms with Crippen molar-refractivity contribution >= 4 is 34.7 Å². The number of rotatable bonds is 8. The molecule has 2 rings (SSSR count). The van der Waals surface area contributed by atoms with E-state index in [1.165, 1.54) is 23.8 Å². The highest BCUT2D eigenvalue weighted by Gasteiger charge is 2.19. The molecule has 1 aromatic carbocycles. The van der Waals surface area contributed by atoms with Gasteiger partial charge in [0, 0.05) is 17.0 Å². The minimum atomic E-state index is -0.924. The predicted octanol–water partition coefficient (Wildman–Crippen LogP) is 4.15. The van der Waals surface area contributed by atoms with E-state index in [4.69, 9.17) is 4.74 Å². The van der Waals surface area contributed by atoms with Gasteiger partial charge in [0.05, 0.1) is 11.3 Å². The number of Topliss-reactive ketones (excluding diaryl/α,β-unsaturated/α-hetero) is 1. The molecule has 1 amide bonds. The van der Waals surface area contributed by atoms with Crippen LogP contribution in [-0.2, 0) is 20.7 Å². The molecule has 0 bridgehead atoms. The molecule has 0 unspecified atom stereocenters. The second-order valence-electron chi connectivity index (χ2n) is 6.01. The second-order valence-corrected chi connectivity index (χ2v) is 7.29. The maximum Gasteiger partial charge on any atom is 0.307 e. The Morgan fingerprint density at radius 3 is 2.35 bits per heavy atom. The van der Waals surface area contributed by atoms with Crippen molar-refractivity contribution in [2.24, 2.45) is 0 Å². The lowest BCUT2D eigenvalue weighted by atomic mass is 10.1. The van der Waals surface area contributed by atoms with Crippen LogP contribution >= 0.6 is 11.3 Å². The first-order valence-electron chi connectivity index (χ1n) is 8.58. The summed E-state index contributed by atoms with van der Waals surface area (Å²) in [6.45, 7) is 5.49. The van der Waals surface area contributed by atoms with E-state index in [1.807, 2.05) is 37.3 Å². The molecule has 1 aromatic heterocycles. The number of aryl methyl sites for hydroxylation is 2. The Morgan fingerprint density at radius 2 is 1.77 bits per heavy atom. The van der Waals surface area contributed by atoms with Crippen LogP contribution in [0.2, 0.25) is 0 Å². The summed E-state index contributed by atoms with van der Waals surface area (Å²) in [6, 6.07) is 11.1. The third-order valence-corrected chi connectivity index (χ3v) is 4.92. The average molecular weight is 373 g/mol. The van der Waals surface area contributed by atoms with E-state index in [0.717, 1.165) is 11.3 Å². The molecule has 6 heteroatoms. The molecule has 26 heavy (non-hydrogen) atoms. The Balaban J connectivity index is 1.78. The van der Waals surface area contributed by atoms with Crippen LogP contribution in [0.25, 0.3) is 0 Å². The Hall–Kier alpha value is -2.47. The summed E-state index contributed by atoms with van der Waals surface area (Å²) < 4.78 is 5.12. The summed E-state index contributed by atoms with van der Waals surface area (Å²) in [7, 11) is 0. The van der Waals surface area contributed by atoms with Crippen LogP contribution in [0.5, 0.6) is 0 Å². The third-order valence-electron chi connectivity index (χ3n) is 3.88. The van der Waals surface area contributed by atoms with E-state index in [9.17, 15) is 14.4 Å². The van der Waals surface area contributed by atoms with Gasteiger partial charge < -0.3 is 10.1 Å². The Labute approximate surface area is 157 Å². The normalized spacial score (nSPS) is 11.7. The van der Waals surface area contributed by atoms with Crippen LogP contribution in [-0.4, -0.2) is 23.8 Å². The summed E-state index contributed by atoms with van der Waals surface area (Å²) in [5.41, 5.74) is 1.83. The number of esters is 1. The molecular formula is C20H23NO4S. The fraction of sp³-hybridized carbons (Fsp3) is 0.350. The maximum atomic E-state index is 12.1. The van der Waals surface area contributed by atoms with E-state index >= 15 is 0 Å². The summed E-state index contributed by atoms with van der Waals surface area (Å²) >= 11 is 1.40. The number of amides is 1. The SMILES string of the molecule is CCc1ccc(NC(=O)[C@H](C)OC(=O)CCC(=O)c2ccc(C)s2)cc1. The summed E-state index contributed by atoms with van der Waals surface area (Å²) in [5, 5.41) is 2.71. The fourth-order valence-corrected chi connectivity index (χ4v) is 3.14. The zero-order valence-electron chi connectivity index (χ0n) is 15.2. The highest BCUT2D eigenvalue weighted by atomic mass is 32.1. The summed E-state index contributed by atoms with van der Waals surface area (Å²) in [4.78, 5) is 37.7. The Morgan fingerprint density at radius 1 is 1.08 bits per heavy atom. The number of anilines is 1. The number of ketones is 1. The van der Waals surface area contributed by atoms with E-state index in [-0.39, 0.29) is 18.6 Å². The summed E-state index contributed by atoms with van der Waals surface area (Å²) in [5.74, 6) is -1.05. The topological polar surface area (TPSA) is 72.5 Å². The van der Waals surface area contributed by atoms with Gasteiger partial charge >= 0.3 is 5.97 Å². The first-order valence-corrected chi connectivity index (χ1v) is 9.39. The van der Waals surface area contributed by atoms with Gasteiger partial charge in [0.2, 0.25) is 0 Å². The zero-order chi connectivity index (χ0) is 19.1. The molecule has 0 radical (unpaired) electrons. The molecule has 138 valence electrons. The van der Waals surface area contributed by atoms with Crippen molar-refractivity contribution in [2.45, 2.75) is 46.1 Å². The molecule has 0 saturated carbocycles. The molecule has 0 saturated heterocycles. The minimum Gasteiger partial charge on any atom is -0.453 e. The van der Waals surface area contributed by atoms with E-state index in [1.54, 1.807) is 6.07 Å². The van der Waals surface area contributed by atoms with Crippen LogP contribution in [0.4, 0.5) is 5.69 Å². The predicted molar refractivity (Wildman–Crippen MR) is 103 cm³/mol. The van der Waals surface area contributed by atoms with Crippen molar-refractivity contribution in [2.75, 3.05) is 5.32 Å². The van der Waals surface area contributed by atoms with Gasteiger partial charge in [0.1, 0.15) is 0 Å². The van der Waals surface area contributed by atoms with Gasteiger partial charge in [-0.25, -0.2) is 0 Å². The van der Waals surface area contributed by atoms with E-state index in [0.29, 0.717) is 10.6 Å². The highest BCUT2D eigenvalue weighted by molar-refractivity contribution is 7.14. The van der Waals surface area contributed by atoms with Crippen LogP contribution in [0.1, 0.15) is 46.8 Å². The zero-order valence-corrected chi connectivity index (χ0v) is 16.0. The second kappa shape index (κ2) is 9.29. The highest BCUT2D eigenvalue weighted by Crippen LogP contribution is 2.18. The van der Waals surface area contributed by atoms with Gasteiger partial charge in [-0.15, -0.1) is 11.3 Å². The lowest BCUT2D eigenvalue weighted by molar-refractivity contribution is -0.153. The van der Waals surface area contributed by atoms with Crippen molar-refractivity contribution in [1.82, 2.24) is 0 Å². The lowest BCUT2D eigenvalue weighted by Crippen LogP contribution is -2.30. The number of hydrogen-bond acceptors (Lipinski definition) is 5. The number of nitrogens with one attached hydrogen (secondary N) is 1. The molecule has 1 atom stereocenters. The number of carbonyl (C=O) groups excluding carboxylic acids is 3. The number of hydrogen-bond donors (Lipinski definition) is 1. The first-order chi connectivity index (χ1) is 12.4. The molecule has 0 aliphatic carbocycles. The van der Waals surface area contributed by atoms with Crippen molar-refractivity contribution in [3.05, 3.63) is 51.7 Å². The molecule has 0 fully saturated rings. The summed E-state index contributed by atoms with van der Waals surface area (Å²) in [6.07, 6.45) is 0.0309. The van der Waals surface area contributed by atoms with Crippen molar-refractivity contribution < 1.29 is 19.1 Å². The molecule has 0 aliphatic heterocycles. The fourth-order valence-electron chi connectivity index (χ4n) is 2.30. The molecule has 1 heterocycles. The number of carbonyl (C=O) groups is 3. The van der Waals surface area contributed by atoms with Gasteiger partial charge in [-0.2, -0.15) is 0 Å². The largest absolute Gasteiger partial charge is 0.453 e. The molecule has 5 nitrogen and oxygen atoms in total. The number of benzene rings is 1. The van der Waals surface area contributed by atoms with E-state index < -0.39 is 18.0 Å². The molecule has 0 spiro atoms. The molecule has 1 N–H and O–H groups in total. The first kappa shape index (κ1) is 19.8. The van der Waals surface area contributed by atoms with Crippen molar-refractivity contribution in [3.8, 4) is 0 Å². The van der Waals surface area contributed by atoms with Gasteiger partial charge in [-0.1, -0.05) is 19.1 Å². The number of ether oxygens (including phenoxy) is 1. The van der Waals surface area contributed by atoms with Crippen LogP contribution in [0.3, 0.4) is 0 Å². The van der Waals surface area contributed by atoms with Crippen LogP contribution in [0, 0.1) is 6.92 Å². The Bertz CT molecular complexity index is 779. The average Bonchev–Trinajstić information content (AvgIpc) is 3.06. The molecule has 2 aromatic rings. The van der Waals surface area contributed by atoms with Crippen LogP contribution < -0.4 is 5.32 Å². The van der Waals surface area contributed by atoms with Gasteiger partial charge in [0.25, 0.3) is 5.91 Å². The maximum absolute atomic E-state index is 12.1. The third kappa shape index (κ3) is 5.81. The molecular weight excluding hydrogens is 350 g/mol. The minimum absolute atomic E-state index is 0.0431. The monoisotopic (exact) mass is 373 g/mol. The van der Waals surface area contributed by atoms with E-state index in [2.05, 4.69) is 12.2 Å². The quantitative estimate of drug-likeness (QED) is 0.557. The number of thiophene rings is 1. The van der Waals surface area contributed by atoms with Crippen molar-refractivity contribution in [3.63, 3.8) is 0 Å².